The highest BCUT2D eigenvalue weighted by molar-refractivity contribution is 14.0. The standard InChI is InChI=1S/C18H25N7O2.HI/c1-2-27-18(26)25-8-6-15(7-9-25)23-17(19)20-11-13-4-3-5-14(10-13)16-21-12-22-24-16;/h3-5,10,12,15H,2,6-9,11H2,1H3,(H3,19,20,23)(H,21,22,24);1H. The number of hydrogen-bond donors (Lipinski definition) is 3. The lowest BCUT2D eigenvalue weighted by Gasteiger charge is -2.31. The van der Waals surface area contributed by atoms with Gasteiger partial charge in [-0.25, -0.2) is 14.8 Å². The summed E-state index contributed by atoms with van der Waals surface area (Å²) in [6, 6.07) is 8.13. The van der Waals surface area contributed by atoms with Gasteiger partial charge in [0.05, 0.1) is 13.2 Å². The van der Waals surface area contributed by atoms with E-state index in [0.29, 0.717) is 32.2 Å². The van der Waals surface area contributed by atoms with Gasteiger partial charge in [0.2, 0.25) is 0 Å². The molecule has 2 heterocycles. The van der Waals surface area contributed by atoms with Crippen LogP contribution >= 0.6 is 24.0 Å². The molecule has 0 spiro atoms. The van der Waals surface area contributed by atoms with E-state index in [9.17, 15) is 4.79 Å². The first-order valence-corrected chi connectivity index (χ1v) is 9.08. The van der Waals surface area contributed by atoms with Gasteiger partial charge in [-0.15, -0.1) is 24.0 Å². The second kappa shape index (κ2) is 10.8. The zero-order valence-electron chi connectivity index (χ0n) is 15.8. The van der Waals surface area contributed by atoms with Gasteiger partial charge < -0.3 is 20.7 Å². The number of guanidine groups is 1. The van der Waals surface area contributed by atoms with Gasteiger partial charge in [0.25, 0.3) is 0 Å². The van der Waals surface area contributed by atoms with Crippen molar-refractivity contribution in [1.29, 1.82) is 0 Å². The maximum Gasteiger partial charge on any atom is 0.409 e. The summed E-state index contributed by atoms with van der Waals surface area (Å²) in [6.07, 6.45) is 2.87. The first kappa shape index (κ1) is 21.9. The molecule has 1 amide bonds. The Labute approximate surface area is 181 Å². The molecule has 0 bridgehead atoms. The Bertz CT molecular complexity index is 774. The van der Waals surface area contributed by atoms with Crippen LogP contribution in [0, 0.1) is 0 Å². The molecule has 1 fully saturated rings. The second-order valence-corrected chi connectivity index (χ2v) is 6.34. The summed E-state index contributed by atoms with van der Waals surface area (Å²) in [5.41, 5.74) is 8.02. The first-order valence-electron chi connectivity index (χ1n) is 9.08. The number of halogens is 1. The minimum Gasteiger partial charge on any atom is -0.450 e. The number of rotatable bonds is 5. The first-order chi connectivity index (χ1) is 13.2. The zero-order valence-corrected chi connectivity index (χ0v) is 18.1. The van der Waals surface area contributed by atoms with Crippen molar-refractivity contribution in [2.45, 2.75) is 32.4 Å². The molecule has 0 saturated carbocycles. The summed E-state index contributed by atoms with van der Waals surface area (Å²) in [5, 5.41) is 9.96. The van der Waals surface area contributed by atoms with E-state index in [1.165, 1.54) is 6.33 Å². The molecule has 0 radical (unpaired) electrons. The molecule has 9 nitrogen and oxygen atoms in total. The van der Waals surface area contributed by atoms with Crippen LogP contribution in [0.1, 0.15) is 25.3 Å². The third-order valence-corrected chi connectivity index (χ3v) is 4.42. The molecule has 2 aromatic rings. The van der Waals surface area contributed by atoms with E-state index in [4.69, 9.17) is 10.5 Å². The average Bonchev–Trinajstić information content (AvgIpc) is 3.22. The van der Waals surface area contributed by atoms with Crippen LogP contribution in [-0.2, 0) is 11.3 Å². The number of piperidine rings is 1. The molecule has 0 aliphatic carbocycles. The van der Waals surface area contributed by atoms with Gasteiger partial charge in [-0.2, -0.15) is 5.10 Å². The molecule has 10 heteroatoms. The van der Waals surface area contributed by atoms with Crippen molar-refractivity contribution in [3.05, 3.63) is 36.2 Å². The number of aromatic nitrogens is 3. The number of amides is 1. The number of nitrogens with zero attached hydrogens (tertiary/aromatic N) is 4. The molecule has 1 aliphatic heterocycles. The van der Waals surface area contributed by atoms with E-state index in [1.54, 1.807) is 4.90 Å². The monoisotopic (exact) mass is 499 g/mol. The third-order valence-electron chi connectivity index (χ3n) is 4.42. The zero-order chi connectivity index (χ0) is 19.1. The van der Waals surface area contributed by atoms with Gasteiger partial charge in [-0.05, 0) is 31.4 Å². The fourth-order valence-corrected chi connectivity index (χ4v) is 3.01. The Morgan fingerprint density at radius 1 is 1.43 bits per heavy atom. The summed E-state index contributed by atoms with van der Waals surface area (Å²) in [7, 11) is 0. The number of aromatic amines is 1. The van der Waals surface area contributed by atoms with Crippen LogP contribution in [0.4, 0.5) is 4.79 Å². The van der Waals surface area contributed by atoms with Crippen LogP contribution in [-0.4, -0.2) is 57.9 Å². The molecule has 152 valence electrons. The lowest BCUT2D eigenvalue weighted by atomic mass is 10.1. The van der Waals surface area contributed by atoms with Crippen molar-refractivity contribution in [2.75, 3.05) is 19.7 Å². The number of aliphatic imine (C=N–C) groups is 1. The Balaban J connectivity index is 0.00000280. The Morgan fingerprint density at radius 2 is 2.21 bits per heavy atom. The maximum atomic E-state index is 11.7. The minimum atomic E-state index is -0.246. The number of benzene rings is 1. The Kier molecular flexibility index (Phi) is 8.48. The third kappa shape index (κ3) is 6.08. The average molecular weight is 499 g/mol. The van der Waals surface area contributed by atoms with Crippen LogP contribution in [0.3, 0.4) is 0 Å². The van der Waals surface area contributed by atoms with Crippen molar-refractivity contribution in [3.63, 3.8) is 0 Å². The molecule has 3 rings (SSSR count). The van der Waals surface area contributed by atoms with Crippen LogP contribution < -0.4 is 11.1 Å². The highest BCUT2D eigenvalue weighted by Crippen LogP contribution is 2.16. The lowest BCUT2D eigenvalue weighted by Crippen LogP contribution is -2.48. The van der Waals surface area contributed by atoms with Crippen molar-refractivity contribution >= 4 is 36.0 Å². The predicted molar refractivity (Wildman–Crippen MR) is 117 cm³/mol. The highest BCUT2D eigenvalue weighted by Gasteiger charge is 2.23. The van der Waals surface area contributed by atoms with Crippen LogP contribution in [0.15, 0.2) is 35.6 Å². The number of nitrogens with two attached hydrogens (primary N) is 1. The van der Waals surface area contributed by atoms with Gasteiger partial charge in [0, 0.05) is 24.7 Å². The van der Waals surface area contributed by atoms with Crippen LogP contribution in [0.2, 0.25) is 0 Å². The predicted octanol–water partition coefficient (Wildman–Crippen LogP) is 2.11. The van der Waals surface area contributed by atoms with Crippen molar-refractivity contribution in [1.82, 2.24) is 25.4 Å². The number of nitrogens with one attached hydrogen (secondary N) is 2. The van der Waals surface area contributed by atoms with E-state index >= 15 is 0 Å². The molecule has 1 aliphatic rings. The summed E-state index contributed by atoms with van der Waals surface area (Å²) in [6.45, 7) is 3.99. The van der Waals surface area contributed by atoms with E-state index in [-0.39, 0.29) is 36.1 Å². The topological polar surface area (TPSA) is 122 Å². The molecule has 0 atom stereocenters. The molecule has 0 unspecified atom stereocenters. The lowest BCUT2D eigenvalue weighted by molar-refractivity contribution is 0.0963. The van der Waals surface area contributed by atoms with E-state index in [1.807, 2.05) is 31.2 Å². The number of hydrogen-bond acceptors (Lipinski definition) is 5. The van der Waals surface area contributed by atoms with Gasteiger partial charge >= 0.3 is 6.09 Å². The molecule has 1 saturated heterocycles. The number of ether oxygens (including phenoxy) is 1. The Hall–Kier alpha value is -2.37. The van der Waals surface area contributed by atoms with Crippen LogP contribution in [0.25, 0.3) is 11.4 Å². The molecule has 4 N–H and O–H groups in total. The second-order valence-electron chi connectivity index (χ2n) is 6.34. The van der Waals surface area contributed by atoms with Crippen molar-refractivity contribution < 1.29 is 9.53 Å². The SMILES string of the molecule is CCOC(=O)N1CCC(NC(N)=NCc2cccc(-c3ncn[nH]3)c2)CC1.I. The van der Waals surface area contributed by atoms with Gasteiger partial charge in [-0.3, -0.25) is 5.10 Å². The summed E-state index contributed by atoms with van der Waals surface area (Å²) >= 11 is 0. The number of carbonyl (C=O) groups excluding carboxylic acids is 1. The fraction of sp³-hybridized carbons (Fsp3) is 0.444. The normalized spacial score (nSPS) is 15.0. The molecule has 1 aromatic carbocycles. The maximum absolute atomic E-state index is 11.7. The summed E-state index contributed by atoms with van der Waals surface area (Å²) < 4.78 is 5.03. The van der Waals surface area contributed by atoms with Crippen LogP contribution in [0.5, 0.6) is 0 Å². The molecular formula is C18H26IN7O2. The van der Waals surface area contributed by atoms with Gasteiger partial charge in [0.1, 0.15) is 6.33 Å². The van der Waals surface area contributed by atoms with Gasteiger partial charge in [0.15, 0.2) is 11.8 Å². The quantitative estimate of drug-likeness (QED) is 0.329. The van der Waals surface area contributed by atoms with Crippen molar-refractivity contribution in [2.24, 2.45) is 10.7 Å². The molecular weight excluding hydrogens is 473 g/mol. The fourth-order valence-electron chi connectivity index (χ4n) is 3.01. The summed E-state index contributed by atoms with van der Waals surface area (Å²) in [5.74, 6) is 1.13. The molecule has 1 aromatic heterocycles. The van der Waals surface area contributed by atoms with Crippen molar-refractivity contribution in [3.8, 4) is 11.4 Å². The van der Waals surface area contributed by atoms with E-state index in [0.717, 1.165) is 29.8 Å². The highest BCUT2D eigenvalue weighted by atomic mass is 127. The minimum absolute atomic E-state index is 0. The number of likely N-dealkylation sites (tertiary alicyclic amines) is 1. The van der Waals surface area contributed by atoms with E-state index < -0.39 is 0 Å². The number of H-pyrrole nitrogens is 1. The van der Waals surface area contributed by atoms with Gasteiger partial charge in [-0.1, -0.05) is 18.2 Å². The summed E-state index contributed by atoms with van der Waals surface area (Å²) in [4.78, 5) is 22.0. The van der Waals surface area contributed by atoms with E-state index in [2.05, 4.69) is 25.5 Å². The molecule has 28 heavy (non-hydrogen) atoms. The Morgan fingerprint density at radius 3 is 2.89 bits per heavy atom. The number of carbonyl (C=O) groups is 1. The largest absolute Gasteiger partial charge is 0.450 e. The smallest absolute Gasteiger partial charge is 0.409 e.